The van der Waals surface area contributed by atoms with E-state index in [4.69, 9.17) is 18.9 Å². The Morgan fingerprint density at radius 1 is 0.209 bits per heavy atom. The Kier molecular flexibility index (Phi) is 11.8. The van der Waals surface area contributed by atoms with E-state index in [9.17, 15) is 0 Å². The van der Waals surface area contributed by atoms with E-state index < -0.39 is 16.1 Å². The maximum Gasteiger partial charge on any atom is 0.260 e. The first-order valence-electron chi connectivity index (χ1n) is 29.6. The smallest absolute Gasteiger partial charge is 0.260 e. The zero-order valence-corrected chi connectivity index (χ0v) is 48.8. The molecule has 4 nitrogen and oxygen atoms in total. The molecule has 13 aromatic rings. The highest BCUT2D eigenvalue weighted by Crippen LogP contribution is 2.41. The minimum absolute atomic E-state index is 0.0119. The zero-order chi connectivity index (χ0) is 56.8. The van der Waals surface area contributed by atoms with Gasteiger partial charge in [-0.2, -0.15) is 0 Å². The SMILES string of the molecule is c1ccc([Si](c2ccccc2)(c2ccc(-c3ccc([Si](c4ccccc4)(c4ccccc4)c4cc5c6c(c4)Oc4ccccc4B6c4ccccc4O5)cc3)cc2)c2cccc(-c3ccc4c5c3Oc3ccccc3B5c3ccccc3O4)c2)cc1. The molecule has 17 rings (SSSR count). The molecule has 0 N–H and O–H groups in total. The molecule has 0 unspecified atom stereocenters. The predicted octanol–water partition coefficient (Wildman–Crippen LogP) is 9.23. The van der Waals surface area contributed by atoms with Crippen molar-refractivity contribution in [2.75, 3.05) is 0 Å². The van der Waals surface area contributed by atoms with Crippen LogP contribution in [0.2, 0.25) is 0 Å². The Morgan fingerprint density at radius 2 is 0.558 bits per heavy atom. The van der Waals surface area contributed by atoms with Crippen LogP contribution >= 0.6 is 0 Å². The van der Waals surface area contributed by atoms with Crippen LogP contribution in [0, 0.1) is 0 Å². The van der Waals surface area contributed by atoms with E-state index in [2.05, 4.69) is 309 Å². The number of fused-ring (bicyclic) bond motifs is 8. The van der Waals surface area contributed by atoms with Crippen LogP contribution in [-0.4, -0.2) is 29.6 Å². The molecular formula is C78H52B2O4Si2. The average molecular weight is 1130 g/mol. The summed E-state index contributed by atoms with van der Waals surface area (Å²) in [5.41, 5.74) is 11.2. The molecule has 4 aliphatic rings. The Morgan fingerprint density at radius 3 is 1.00 bits per heavy atom. The first-order valence-corrected chi connectivity index (χ1v) is 33.6. The first-order chi connectivity index (χ1) is 42.6. The molecule has 0 radical (unpaired) electrons. The molecule has 0 amide bonds. The number of para-hydroxylation sites is 4. The van der Waals surface area contributed by atoms with Crippen LogP contribution in [-0.2, 0) is 0 Å². The zero-order valence-electron chi connectivity index (χ0n) is 46.8. The van der Waals surface area contributed by atoms with Crippen LogP contribution in [0.4, 0.5) is 0 Å². The number of hydrogen-bond donors (Lipinski definition) is 0. The van der Waals surface area contributed by atoms with E-state index in [1.54, 1.807) is 0 Å². The second-order valence-electron chi connectivity index (χ2n) is 22.9. The van der Waals surface area contributed by atoms with Crippen LogP contribution in [0.15, 0.2) is 315 Å². The molecule has 0 saturated carbocycles. The van der Waals surface area contributed by atoms with Crippen molar-refractivity contribution in [3.63, 3.8) is 0 Å². The molecule has 0 fully saturated rings. The standard InChI is InChI=1S/C78H52B2O4Si2/c1-5-23-56(24-6-1)85(57-25-7-2-8-26-57,62-31-21-22-55(50-62)64-48-49-73-77-78(64)84-72-39-20-16-35-68(72)80(77)67-34-15-17-36-69(67)81-73)60-44-40-53(41-45-60)54-42-46-61(47-43-54)86(58-27-9-3-10-28-58,59-29-11-4-12-30-59)63-51-74-76-75(52-63)83-71-38-19-14-33-66(71)79(76)65-32-13-18-37-70(65)82-74/h1-52H. The minimum atomic E-state index is -3.10. The van der Waals surface area contributed by atoms with Gasteiger partial charge < -0.3 is 18.9 Å². The van der Waals surface area contributed by atoms with Gasteiger partial charge in [-0.3, -0.25) is 0 Å². The molecule has 86 heavy (non-hydrogen) atoms. The number of ether oxygens (including phenoxy) is 4. The molecule has 0 aliphatic carbocycles. The fourth-order valence-electron chi connectivity index (χ4n) is 14.7. The molecule has 0 saturated heterocycles. The van der Waals surface area contributed by atoms with Gasteiger partial charge in [0.15, 0.2) is 16.1 Å². The van der Waals surface area contributed by atoms with Gasteiger partial charge in [-0.15, -0.1) is 0 Å². The van der Waals surface area contributed by atoms with Gasteiger partial charge in [0.05, 0.1) is 0 Å². The van der Waals surface area contributed by atoms with Gasteiger partial charge in [0.25, 0.3) is 13.4 Å². The lowest BCUT2D eigenvalue weighted by molar-refractivity contribution is 0.465. The van der Waals surface area contributed by atoms with Crippen molar-refractivity contribution in [3.05, 3.63) is 315 Å². The van der Waals surface area contributed by atoms with E-state index >= 15 is 0 Å². The summed E-state index contributed by atoms with van der Waals surface area (Å²) in [7, 11) is -6.13. The molecular weight excluding hydrogens is 1080 g/mol. The van der Waals surface area contributed by atoms with Gasteiger partial charge in [0.1, 0.15) is 46.0 Å². The second kappa shape index (κ2) is 20.2. The lowest BCUT2D eigenvalue weighted by Gasteiger charge is -2.38. The quantitative estimate of drug-likeness (QED) is 0.101. The lowest BCUT2D eigenvalue weighted by Crippen LogP contribution is -2.75. The molecule has 0 bridgehead atoms. The van der Waals surface area contributed by atoms with E-state index in [-0.39, 0.29) is 13.4 Å². The molecule has 13 aromatic carbocycles. The van der Waals surface area contributed by atoms with E-state index in [1.165, 1.54) is 41.5 Å². The highest BCUT2D eigenvalue weighted by molar-refractivity contribution is 7.20. The molecule has 0 spiro atoms. The Hall–Kier alpha value is -10.4. The third-order valence-electron chi connectivity index (χ3n) is 18.5. The Bertz CT molecular complexity index is 4610. The highest BCUT2D eigenvalue weighted by atomic mass is 28.3. The van der Waals surface area contributed by atoms with Crippen molar-refractivity contribution in [1.29, 1.82) is 0 Å². The molecule has 4 heterocycles. The summed E-state index contributed by atoms with van der Waals surface area (Å²) < 4.78 is 27.7. The predicted molar refractivity (Wildman–Crippen MR) is 360 cm³/mol. The normalized spacial score (nSPS) is 13.0. The van der Waals surface area contributed by atoms with Crippen molar-refractivity contribution in [3.8, 4) is 68.2 Å². The van der Waals surface area contributed by atoms with E-state index in [0.717, 1.165) is 101 Å². The van der Waals surface area contributed by atoms with Crippen molar-refractivity contribution in [1.82, 2.24) is 0 Å². The van der Waals surface area contributed by atoms with Crippen molar-refractivity contribution < 1.29 is 18.9 Å². The van der Waals surface area contributed by atoms with Crippen LogP contribution in [0.1, 0.15) is 0 Å². The van der Waals surface area contributed by atoms with Crippen LogP contribution in [0.3, 0.4) is 0 Å². The topological polar surface area (TPSA) is 36.9 Å². The summed E-state index contributed by atoms with van der Waals surface area (Å²) in [4.78, 5) is 0. The molecule has 8 heteroatoms. The van der Waals surface area contributed by atoms with Gasteiger partial charge in [0.2, 0.25) is 0 Å². The van der Waals surface area contributed by atoms with Gasteiger partial charge >= 0.3 is 0 Å². The molecule has 4 aliphatic heterocycles. The van der Waals surface area contributed by atoms with E-state index in [1.807, 2.05) is 6.07 Å². The Balaban J connectivity index is 0.794. The molecule has 0 aromatic heterocycles. The molecule has 402 valence electrons. The summed E-state index contributed by atoms with van der Waals surface area (Å²) >= 11 is 0. The summed E-state index contributed by atoms with van der Waals surface area (Å²) in [5, 5.41) is 10.2. The fraction of sp³-hybridized carbons (Fsp3) is 0. The fourth-order valence-corrected chi connectivity index (χ4v) is 24.2. The van der Waals surface area contributed by atoms with E-state index in [0.29, 0.717) is 0 Å². The average Bonchev–Trinajstić information content (AvgIpc) is 1.43. The maximum atomic E-state index is 7.03. The summed E-state index contributed by atoms with van der Waals surface area (Å²) in [6, 6.07) is 116. The minimum Gasteiger partial charge on any atom is -0.458 e. The first kappa shape index (κ1) is 50.2. The Labute approximate surface area is 503 Å². The van der Waals surface area contributed by atoms with Gasteiger partial charge in [-0.1, -0.05) is 267 Å². The molecule has 0 atom stereocenters. The maximum absolute atomic E-state index is 7.03. The number of rotatable bonds is 10. The van der Waals surface area contributed by atoms with Crippen molar-refractivity contribution >= 4 is 104 Å². The highest BCUT2D eigenvalue weighted by Gasteiger charge is 2.47. The van der Waals surface area contributed by atoms with Gasteiger partial charge in [0, 0.05) is 16.5 Å². The number of benzene rings is 13. The monoisotopic (exact) mass is 1130 g/mol. The lowest BCUT2D eigenvalue weighted by atomic mass is 9.34. The summed E-state index contributed by atoms with van der Waals surface area (Å²) in [6.07, 6.45) is 0. The van der Waals surface area contributed by atoms with Crippen LogP contribution in [0.5, 0.6) is 46.0 Å². The summed E-state index contributed by atoms with van der Waals surface area (Å²) in [6.45, 7) is -0.0348. The third kappa shape index (κ3) is 7.70. The van der Waals surface area contributed by atoms with Crippen LogP contribution < -0.4 is 93.2 Å². The second-order valence-corrected chi connectivity index (χ2v) is 30.5. The van der Waals surface area contributed by atoms with Crippen LogP contribution in [0.25, 0.3) is 22.3 Å². The van der Waals surface area contributed by atoms with Gasteiger partial charge in [-0.05, 0) is 129 Å². The van der Waals surface area contributed by atoms with Crippen molar-refractivity contribution in [2.24, 2.45) is 0 Å². The summed E-state index contributed by atoms with van der Waals surface area (Å²) in [5.74, 6) is 6.88. The number of hydrogen-bond acceptors (Lipinski definition) is 4. The third-order valence-corrected chi connectivity index (χ3v) is 28.0. The van der Waals surface area contributed by atoms with Gasteiger partial charge in [-0.25, -0.2) is 0 Å². The van der Waals surface area contributed by atoms with Crippen molar-refractivity contribution in [2.45, 2.75) is 0 Å². The largest absolute Gasteiger partial charge is 0.458 e.